The zero-order chi connectivity index (χ0) is 12.8. The lowest BCUT2D eigenvalue weighted by Crippen LogP contribution is -2.02. The van der Waals surface area contributed by atoms with Gasteiger partial charge in [-0.2, -0.15) is 0 Å². The quantitative estimate of drug-likeness (QED) is 0.786. The van der Waals surface area contributed by atoms with Gasteiger partial charge in [-0.3, -0.25) is 0 Å². The molecule has 0 fully saturated rings. The predicted octanol–water partition coefficient (Wildman–Crippen LogP) is 3.41. The second kappa shape index (κ2) is 6.28. The van der Waals surface area contributed by atoms with Crippen molar-refractivity contribution in [2.75, 3.05) is 7.11 Å². The molecule has 0 radical (unpaired) electrons. The third-order valence-electron chi connectivity index (χ3n) is 2.74. The highest BCUT2D eigenvalue weighted by atomic mass is 16.5. The van der Waals surface area contributed by atoms with Crippen LogP contribution >= 0.6 is 0 Å². The van der Waals surface area contributed by atoms with E-state index in [2.05, 4.69) is 19.9 Å². The maximum Gasteiger partial charge on any atom is 0.339 e. The van der Waals surface area contributed by atoms with Gasteiger partial charge in [0, 0.05) is 5.56 Å². The summed E-state index contributed by atoms with van der Waals surface area (Å²) in [5.74, 6) is 1.64. The molecule has 0 aliphatic carbocycles. The lowest BCUT2D eigenvalue weighted by molar-refractivity contribution is 0.395. The van der Waals surface area contributed by atoms with Crippen LogP contribution < -0.4 is 10.4 Å². The SMILES string of the molecule is CCC[C@@H](C)C=Cc1oc(=O)cc(OC)c1C. The van der Waals surface area contributed by atoms with Crippen molar-refractivity contribution in [1.82, 2.24) is 0 Å². The first-order valence-corrected chi connectivity index (χ1v) is 5.95. The van der Waals surface area contributed by atoms with E-state index in [9.17, 15) is 4.79 Å². The fourth-order valence-electron chi connectivity index (χ4n) is 1.73. The molecule has 0 aliphatic rings. The molecule has 17 heavy (non-hydrogen) atoms. The summed E-state index contributed by atoms with van der Waals surface area (Å²) in [5.41, 5.74) is 0.474. The Balaban J connectivity index is 2.98. The van der Waals surface area contributed by atoms with E-state index in [1.54, 1.807) is 7.11 Å². The van der Waals surface area contributed by atoms with E-state index in [0.717, 1.165) is 18.4 Å². The van der Waals surface area contributed by atoms with Crippen LogP contribution in [0, 0.1) is 12.8 Å². The maximum atomic E-state index is 11.3. The van der Waals surface area contributed by atoms with E-state index in [4.69, 9.17) is 9.15 Å². The monoisotopic (exact) mass is 236 g/mol. The highest BCUT2D eigenvalue weighted by Gasteiger charge is 2.07. The van der Waals surface area contributed by atoms with Crippen molar-refractivity contribution < 1.29 is 9.15 Å². The second-order valence-corrected chi connectivity index (χ2v) is 4.25. The first-order valence-electron chi connectivity index (χ1n) is 5.95. The topological polar surface area (TPSA) is 39.4 Å². The molecule has 0 saturated heterocycles. The van der Waals surface area contributed by atoms with Crippen LogP contribution in [-0.4, -0.2) is 7.11 Å². The van der Waals surface area contributed by atoms with Gasteiger partial charge in [-0.25, -0.2) is 4.79 Å². The molecule has 1 heterocycles. The highest BCUT2D eigenvalue weighted by molar-refractivity contribution is 5.51. The van der Waals surface area contributed by atoms with E-state index >= 15 is 0 Å². The first kappa shape index (κ1) is 13.6. The molecule has 94 valence electrons. The molecule has 3 nitrogen and oxygen atoms in total. The van der Waals surface area contributed by atoms with E-state index < -0.39 is 0 Å². The number of rotatable bonds is 5. The van der Waals surface area contributed by atoms with Gasteiger partial charge in [0.25, 0.3) is 0 Å². The summed E-state index contributed by atoms with van der Waals surface area (Å²) in [4.78, 5) is 11.3. The van der Waals surface area contributed by atoms with E-state index in [-0.39, 0.29) is 5.63 Å². The van der Waals surface area contributed by atoms with Crippen LogP contribution in [-0.2, 0) is 0 Å². The zero-order valence-electron chi connectivity index (χ0n) is 10.9. The van der Waals surface area contributed by atoms with Gasteiger partial charge < -0.3 is 9.15 Å². The molecule has 0 aliphatic heterocycles. The Hall–Kier alpha value is -1.51. The number of methoxy groups -OCH3 is 1. The van der Waals surface area contributed by atoms with Gasteiger partial charge in [0.15, 0.2) is 0 Å². The molecule has 3 heteroatoms. The van der Waals surface area contributed by atoms with E-state index in [0.29, 0.717) is 17.4 Å². The molecule has 0 N–H and O–H groups in total. The number of hydrogen-bond donors (Lipinski definition) is 0. The average Bonchev–Trinajstić information content (AvgIpc) is 2.30. The number of hydrogen-bond acceptors (Lipinski definition) is 3. The molecular formula is C14H20O3. The van der Waals surface area contributed by atoms with Crippen molar-refractivity contribution in [2.24, 2.45) is 5.92 Å². The lowest BCUT2D eigenvalue weighted by Gasteiger charge is -2.06. The van der Waals surface area contributed by atoms with Gasteiger partial charge >= 0.3 is 5.63 Å². The lowest BCUT2D eigenvalue weighted by atomic mass is 10.0. The molecule has 0 bridgehead atoms. The van der Waals surface area contributed by atoms with Gasteiger partial charge in [0.1, 0.15) is 11.5 Å². The van der Waals surface area contributed by atoms with Crippen molar-refractivity contribution in [1.29, 1.82) is 0 Å². The molecule has 0 amide bonds. The molecule has 1 aromatic heterocycles. The third kappa shape index (κ3) is 3.77. The molecule has 0 spiro atoms. The Morgan fingerprint density at radius 2 is 2.24 bits per heavy atom. The Kier molecular flexibility index (Phi) is 5.01. The van der Waals surface area contributed by atoms with Gasteiger partial charge in [-0.1, -0.05) is 26.3 Å². The summed E-state index contributed by atoms with van der Waals surface area (Å²) in [6.07, 6.45) is 6.20. The van der Waals surface area contributed by atoms with Crippen molar-refractivity contribution >= 4 is 6.08 Å². The summed E-state index contributed by atoms with van der Waals surface area (Å²) >= 11 is 0. The molecule has 0 aromatic carbocycles. The zero-order valence-corrected chi connectivity index (χ0v) is 10.9. The minimum atomic E-state index is -0.379. The van der Waals surface area contributed by atoms with Crippen molar-refractivity contribution in [3.8, 4) is 5.75 Å². The smallest absolute Gasteiger partial charge is 0.339 e. The van der Waals surface area contributed by atoms with Crippen LogP contribution in [0.1, 0.15) is 38.0 Å². The van der Waals surface area contributed by atoms with Crippen LogP contribution in [0.5, 0.6) is 5.75 Å². The largest absolute Gasteiger partial charge is 0.496 e. The molecule has 1 rings (SSSR count). The van der Waals surface area contributed by atoms with Crippen LogP contribution in [0.25, 0.3) is 6.08 Å². The Bertz CT molecular complexity index is 443. The Labute approximate surface area is 102 Å². The van der Waals surface area contributed by atoms with Crippen LogP contribution in [0.2, 0.25) is 0 Å². The summed E-state index contributed by atoms with van der Waals surface area (Å²) in [6, 6.07) is 1.36. The standard InChI is InChI=1S/C14H20O3/c1-5-6-10(2)7-8-12-11(3)13(16-4)9-14(15)17-12/h7-10H,5-6H2,1-4H3/t10-/m1/s1. The molecule has 1 aromatic rings. The third-order valence-corrected chi connectivity index (χ3v) is 2.74. The number of allylic oxidation sites excluding steroid dienone is 1. The van der Waals surface area contributed by atoms with Crippen molar-refractivity contribution in [3.05, 3.63) is 33.9 Å². The fourth-order valence-corrected chi connectivity index (χ4v) is 1.73. The summed E-state index contributed by atoms with van der Waals surface area (Å²) < 4.78 is 10.3. The fraction of sp³-hybridized carbons (Fsp3) is 0.500. The maximum absolute atomic E-state index is 11.3. The van der Waals surface area contributed by atoms with Gasteiger partial charge in [0.05, 0.1) is 13.2 Å². The number of ether oxygens (including phenoxy) is 1. The Morgan fingerprint density at radius 1 is 1.53 bits per heavy atom. The molecular weight excluding hydrogens is 216 g/mol. The minimum absolute atomic E-state index is 0.379. The normalized spacial score (nSPS) is 12.9. The highest BCUT2D eigenvalue weighted by Crippen LogP contribution is 2.20. The van der Waals surface area contributed by atoms with Gasteiger partial charge in [-0.05, 0) is 25.3 Å². The average molecular weight is 236 g/mol. The van der Waals surface area contributed by atoms with E-state index in [1.165, 1.54) is 6.07 Å². The first-order chi connectivity index (χ1) is 8.08. The van der Waals surface area contributed by atoms with Gasteiger partial charge in [-0.15, -0.1) is 0 Å². The Morgan fingerprint density at radius 3 is 2.82 bits per heavy atom. The molecule has 0 unspecified atom stereocenters. The van der Waals surface area contributed by atoms with Crippen LogP contribution in [0.3, 0.4) is 0 Å². The summed E-state index contributed by atoms with van der Waals surface area (Å²) in [7, 11) is 1.55. The van der Waals surface area contributed by atoms with Crippen LogP contribution in [0.15, 0.2) is 21.4 Å². The van der Waals surface area contributed by atoms with Gasteiger partial charge in [0.2, 0.25) is 0 Å². The van der Waals surface area contributed by atoms with Crippen molar-refractivity contribution in [3.63, 3.8) is 0 Å². The summed E-state index contributed by atoms with van der Waals surface area (Å²) in [5, 5.41) is 0. The predicted molar refractivity (Wildman–Crippen MR) is 69.4 cm³/mol. The molecule has 0 saturated carbocycles. The minimum Gasteiger partial charge on any atom is -0.496 e. The van der Waals surface area contributed by atoms with E-state index in [1.807, 2.05) is 13.0 Å². The molecule has 1 atom stereocenters. The van der Waals surface area contributed by atoms with Crippen LogP contribution in [0.4, 0.5) is 0 Å². The summed E-state index contributed by atoms with van der Waals surface area (Å²) in [6.45, 7) is 6.18. The van der Waals surface area contributed by atoms with Crippen molar-refractivity contribution in [2.45, 2.75) is 33.6 Å². The second-order valence-electron chi connectivity index (χ2n) is 4.25.